The Hall–Kier alpha value is -1.71. The summed E-state index contributed by atoms with van der Waals surface area (Å²) in [5.74, 6) is 1.90. The van der Waals surface area contributed by atoms with Crippen molar-refractivity contribution in [3.63, 3.8) is 0 Å². The number of carbonyl (C=O) groups is 1. The summed E-state index contributed by atoms with van der Waals surface area (Å²) in [6.07, 6.45) is 0.942. The summed E-state index contributed by atoms with van der Waals surface area (Å²) in [6.45, 7) is 3.42. The van der Waals surface area contributed by atoms with E-state index in [1.54, 1.807) is 14.2 Å². The molecule has 1 aromatic rings. The number of rotatable bonds is 4. The Bertz CT molecular complexity index is 445. The second kappa shape index (κ2) is 5.29. The van der Waals surface area contributed by atoms with Crippen LogP contribution in [0.1, 0.15) is 18.9 Å². The number of hydrogen-bond acceptors (Lipinski definition) is 3. The van der Waals surface area contributed by atoms with E-state index in [9.17, 15) is 4.79 Å². The van der Waals surface area contributed by atoms with Crippen LogP contribution >= 0.6 is 0 Å². The van der Waals surface area contributed by atoms with E-state index in [4.69, 9.17) is 9.47 Å². The lowest BCUT2D eigenvalue weighted by Gasteiger charge is -2.18. The topological polar surface area (TPSA) is 38.8 Å². The Balaban J connectivity index is 2.16. The van der Waals surface area contributed by atoms with Crippen molar-refractivity contribution in [2.45, 2.75) is 19.9 Å². The Morgan fingerprint density at radius 1 is 1.33 bits per heavy atom. The van der Waals surface area contributed by atoms with Crippen molar-refractivity contribution in [3.05, 3.63) is 23.8 Å². The molecule has 1 amide bonds. The molecule has 1 atom stereocenters. The van der Waals surface area contributed by atoms with Gasteiger partial charge in [0.25, 0.3) is 0 Å². The minimum absolute atomic E-state index is 0.147. The number of amides is 1. The van der Waals surface area contributed by atoms with Crippen molar-refractivity contribution < 1.29 is 14.3 Å². The molecule has 0 aliphatic carbocycles. The van der Waals surface area contributed by atoms with Gasteiger partial charge in [0.15, 0.2) is 0 Å². The predicted molar refractivity (Wildman–Crippen MR) is 68.7 cm³/mol. The zero-order chi connectivity index (χ0) is 13.1. The Kier molecular flexibility index (Phi) is 3.75. The predicted octanol–water partition coefficient (Wildman–Crippen LogP) is 2.07. The van der Waals surface area contributed by atoms with E-state index >= 15 is 0 Å². The molecule has 1 aromatic carbocycles. The smallest absolute Gasteiger partial charge is 0.225 e. The first-order valence-electron chi connectivity index (χ1n) is 6.15. The molecule has 1 heterocycles. The number of carbonyl (C=O) groups excluding carboxylic acids is 1. The summed E-state index contributed by atoms with van der Waals surface area (Å²) in [4.78, 5) is 13.8. The van der Waals surface area contributed by atoms with Crippen LogP contribution in [0.2, 0.25) is 0 Å². The second-order valence-corrected chi connectivity index (χ2v) is 4.63. The van der Waals surface area contributed by atoms with Crippen molar-refractivity contribution in [2.75, 3.05) is 20.8 Å². The van der Waals surface area contributed by atoms with E-state index in [0.717, 1.165) is 30.0 Å². The maximum Gasteiger partial charge on any atom is 0.225 e. The lowest BCUT2D eigenvalue weighted by Crippen LogP contribution is -2.26. The van der Waals surface area contributed by atoms with Crippen LogP contribution < -0.4 is 9.47 Å². The second-order valence-electron chi connectivity index (χ2n) is 4.63. The van der Waals surface area contributed by atoms with Crippen molar-refractivity contribution in [2.24, 2.45) is 5.92 Å². The molecular weight excluding hydrogens is 230 g/mol. The summed E-state index contributed by atoms with van der Waals surface area (Å²) >= 11 is 0. The van der Waals surface area contributed by atoms with Gasteiger partial charge in [-0.05, 0) is 18.6 Å². The van der Waals surface area contributed by atoms with Crippen molar-refractivity contribution >= 4 is 5.91 Å². The Labute approximate surface area is 107 Å². The van der Waals surface area contributed by atoms with Crippen LogP contribution in [0.5, 0.6) is 11.5 Å². The summed E-state index contributed by atoms with van der Waals surface area (Å²) in [5, 5.41) is 0. The number of nitrogens with zero attached hydrogens (tertiary/aromatic N) is 1. The highest BCUT2D eigenvalue weighted by atomic mass is 16.5. The maximum absolute atomic E-state index is 11.9. The molecule has 4 nitrogen and oxygen atoms in total. The highest BCUT2D eigenvalue weighted by Crippen LogP contribution is 2.28. The van der Waals surface area contributed by atoms with E-state index in [-0.39, 0.29) is 11.8 Å². The molecule has 1 fully saturated rings. The maximum atomic E-state index is 11.9. The molecule has 4 heteroatoms. The van der Waals surface area contributed by atoms with Crippen molar-refractivity contribution in [1.82, 2.24) is 4.90 Å². The Morgan fingerprint density at radius 2 is 2.11 bits per heavy atom. The average Bonchev–Trinajstić information content (AvgIpc) is 2.71. The number of hydrogen-bond donors (Lipinski definition) is 0. The zero-order valence-electron chi connectivity index (χ0n) is 11.1. The van der Waals surface area contributed by atoms with Crippen LogP contribution in [0, 0.1) is 5.92 Å². The number of ether oxygens (including phenoxy) is 2. The molecule has 1 aliphatic rings. The van der Waals surface area contributed by atoms with Crippen LogP contribution in [-0.4, -0.2) is 31.6 Å². The lowest BCUT2D eigenvalue weighted by molar-refractivity contribution is -0.131. The fourth-order valence-electron chi connectivity index (χ4n) is 2.24. The first kappa shape index (κ1) is 12.7. The lowest BCUT2D eigenvalue weighted by atomic mass is 10.1. The van der Waals surface area contributed by atoms with Gasteiger partial charge in [-0.15, -0.1) is 0 Å². The molecule has 0 saturated carbocycles. The van der Waals surface area contributed by atoms with Gasteiger partial charge in [0, 0.05) is 30.6 Å². The van der Waals surface area contributed by atoms with Gasteiger partial charge >= 0.3 is 0 Å². The van der Waals surface area contributed by atoms with Crippen molar-refractivity contribution in [1.29, 1.82) is 0 Å². The fraction of sp³-hybridized carbons (Fsp3) is 0.500. The van der Waals surface area contributed by atoms with Crippen LogP contribution in [0.15, 0.2) is 18.2 Å². The van der Waals surface area contributed by atoms with E-state index in [1.807, 2.05) is 30.0 Å². The molecule has 1 aliphatic heterocycles. The summed E-state index contributed by atoms with van der Waals surface area (Å²) in [6, 6.07) is 5.69. The monoisotopic (exact) mass is 249 g/mol. The SMILES string of the molecule is COc1ccc(CN2CCC(C)C2=O)c(OC)c1. The van der Waals surface area contributed by atoms with Crippen LogP contribution in [-0.2, 0) is 11.3 Å². The van der Waals surface area contributed by atoms with E-state index in [2.05, 4.69) is 0 Å². The molecule has 1 unspecified atom stereocenters. The Morgan fingerprint density at radius 3 is 2.67 bits per heavy atom. The number of methoxy groups -OCH3 is 2. The standard InChI is InChI=1S/C14H19NO3/c1-10-6-7-15(14(10)16)9-11-4-5-12(17-2)8-13(11)18-3/h4-5,8,10H,6-7,9H2,1-3H3. The molecule has 0 bridgehead atoms. The average molecular weight is 249 g/mol. The summed E-state index contributed by atoms with van der Waals surface area (Å²) < 4.78 is 10.5. The van der Waals surface area contributed by atoms with E-state index in [1.165, 1.54) is 0 Å². The van der Waals surface area contributed by atoms with Gasteiger partial charge in [0.1, 0.15) is 11.5 Å². The van der Waals surface area contributed by atoms with Gasteiger partial charge < -0.3 is 14.4 Å². The molecule has 2 rings (SSSR count). The molecule has 0 N–H and O–H groups in total. The highest BCUT2D eigenvalue weighted by molar-refractivity contribution is 5.80. The number of benzene rings is 1. The first-order chi connectivity index (χ1) is 8.65. The minimum Gasteiger partial charge on any atom is -0.497 e. The normalized spacial score (nSPS) is 19.2. The van der Waals surface area contributed by atoms with Gasteiger partial charge in [-0.1, -0.05) is 6.92 Å². The molecule has 1 saturated heterocycles. The molecule has 0 radical (unpaired) electrons. The zero-order valence-corrected chi connectivity index (χ0v) is 11.1. The van der Waals surface area contributed by atoms with Gasteiger partial charge in [-0.25, -0.2) is 0 Å². The third kappa shape index (κ3) is 2.42. The van der Waals surface area contributed by atoms with Crippen LogP contribution in [0.3, 0.4) is 0 Å². The molecular formula is C14H19NO3. The molecule has 98 valence electrons. The van der Waals surface area contributed by atoms with E-state index in [0.29, 0.717) is 6.54 Å². The van der Waals surface area contributed by atoms with E-state index < -0.39 is 0 Å². The molecule has 0 aromatic heterocycles. The van der Waals surface area contributed by atoms with Crippen molar-refractivity contribution in [3.8, 4) is 11.5 Å². The minimum atomic E-state index is 0.147. The third-order valence-corrected chi connectivity index (χ3v) is 3.42. The van der Waals surface area contributed by atoms with Gasteiger partial charge in [0.05, 0.1) is 14.2 Å². The summed E-state index contributed by atoms with van der Waals surface area (Å²) in [5.41, 5.74) is 1.01. The third-order valence-electron chi connectivity index (χ3n) is 3.42. The quantitative estimate of drug-likeness (QED) is 0.820. The molecule has 18 heavy (non-hydrogen) atoms. The van der Waals surface area contributed by atoms with Gasteiger partial charge in [-0.2, -0.15) is 0 Å². The summed E-state index contributed by atoms with van der Waals surface area (Å²) in [7, 11) is 3.26. The van der Waals surface area contributed by atoms with Crippen LogP contribution in [0.25, 0.3) is 0 Å². The molecule has 0 spiro atoms. The highest BCUT2D eigenvalue weighted by Gasteiger charge is 2.28. The van der Waals surface area contributed by atoms with Gasteiger partial charge in [-0.3, -0.25) is 4.79 Å². The van der Waals surface area contributed by atoms with Gasteiger partial charge in [0.2, 0.25) is 5.91 Å². The fourth-order valence-corrected chi connectivity index (χ4v) is 2.24. The first-order valence-corrected chi connectivity index (χ1v) is 6.15. The van der Waals surface area contributed by atoms with Crippen LogP contribution in [0.4, 0.5) is 0 Å². The largest absolute Gasteiger partial charge is 0.497 e. The number of likely N-dealkylation sites (tertiary alicyclic amines) is 1.